The normalized spacial score (nSPS) is 15.1. The van der Waals surface area contributed by atoms with Gasteiger partial charge in [-0.1, -0.05) is 0 Å². The molecule has 1 aromatic heterocycles. The zero-order valence-electron chi connectivity index (χ0n) is 9.43. The number of nitrogens with zero attached hydrogens (tertiary/aromatic N) is 3. The first-order valence-corrected chi connectivity index (χ1v) is 6.76. The van der Waals surface area contributed by atoms with Crippen molar-refractivity contribution >= 4 is 10.8 Å². The Morgan fingerprint density at radius 2 is 2.40 bits per heavy atom. The molecule has 1 rings (SSSR count). The molecule has 0 amide bonds. The lowest BCUT2D eigenvalue weighted by Gasteiger charge is -2.11. The molecule has 2 unspecified atom stereocenters. The Labute approximate surface area is 92.7 Å². The van der Waals surface area contributed by atoms with E-state index in [0.29, 0.717) is 12.3 Å². The van der Waals surface area contributed by atoms with Gasteiger partial charge in [0, 0.05) is 35.4 Å². The Morgan fingerprint density at radius 1 is 1.67 bits per heavy atom. The van der Waals surface area contributed by atoms with Crippen molar-refractivity contribution in [1.29, 1.82) is 0 Å². The monoisotopic (exact) mass is 230 g/mol. The van der Waals surface area contributed by atoms with Crippen molar-refractivity contribution in [3.05, 3.63) is 12.2 Å². The topological polar surface area (TPSA) is 59.8 Å². The first-order valence-electron chi connectivity index (χ1n) is 5.03. The molecule has 0 aliphatic heterocycles. The van der Waals surface area contributed by atoms with E-state index in [1.54, 1.807) is 12.6 Å². The van der Waals surface area contributed by atoms with Crippen molar-refractivity contribution in [2.24, 2.45) is 0 Å². The quantitative estimate of drug-likeness (QED) is 0.756. The second kappa shape index (κ2) is 5.97. The largest absolute Gasteiger partial charge is 0.306 e. The van der Waals surface area contributed by atoms with Gasteiger partial charge in [-0.05, 0) is 13.8 Å². The van der Waals surface area contributed by atoms with Crippen LogP contribution in [0.1, 0.15) is 19.7 Å². The fraction of sp³-hybridized carbons (Fsp3) is 0.778. The summed E-state index contributed by atoms with van der Waals surface area (Å²) < 4.78 is 12.8. The molecular weight excluding hydrogens is 212 g/mol. The summed E-state index contributed by atoms with van der Waals surface area (Å²) in [6.45, 7) is 5.55. The summed E-state index contributed by atoms with van der Waals surface area (Å²) >= 11 is 0. The average molecular weight is 230 g/mol. The molecule has 0 spiro atoms. The van der Waals surface area contributed by atoms with Crippen LogP contribution < -0.4 is 5.32 Å². The van der Waals surface area contributed by atoms with E-state index in [1.165, 1.54) is 0 Å². The summed E-state index contributed by atoms with van der Waals surface area (Å²) in [6, 6.07) is 0.234. The van der Waals surface area contributed by atoms with Gasteiger partial charge in [0.05, 0.1) is 6.54 Å². The lowest BCUT2D eigenvalue weighted by molar-refractivity contribution is 0.533. The Hall–Kier alpha value is -0.750. The van der Waals surface area contributed by atoms with Crippen molar-refractivity contribution < 1.29 is 4.21 Å². The van der Waals surface area contributed by atoms with Gasteiger partial charge in [-0.15, -0.1) is 0 Å². The summed E-state index contributed by atoms with van der Waals surface area (Å²) in [5.41, 5.74) is 0. The molecule has 15 heavy (non-hydrogen) atoms. The van der Waals surface area contributed by atoms with Crippen LogP contribution in [0.2, 0.25) is 0 Å². The number of hydrogen-bond acceptors (Lipinski definition) is 4. The SMILES string of the molecule is CCn1ncnc1CNC(C)CS(C)=O. The zero-order chi connectivity index (χ0) is 11.3. The second-order valence-electron chi connectivity index (χ2n) is 3.51. The second-order valence-corrected chi connectivity index (χ2v) is 4.99. The van der Waals surface area contributed by atoms with Crippen molar-refractivity contribution in [2.75, 3.05) is 12.0 Å². The Morgan fingerprint density at radius 3 is 3.00 bits per heavy atom. The third-order valence-corrected chi connectivity index (χ3v) is 3.06. The van der Waals surface area contributed by atoms with Gasteiger partial charge in [0.25, 0.3) is 0 Å². The number of aromatic nitrogens is 3. The minimum Gasteiger partial charge on any atom is -0.306 e. The number of rotatable bonds is 6. The Balaban J connectivity index is 2.39. The van der Waals surface area contributed by atoms with Gasteiger partial charge in [-0.25, -0.2) is 9.67 Å². The smallest absolute Gasteiger partial charge is 0.140 e. The summed E-state index contributed by atoms with van der Waals surface area (Å²) in [6.07, 6.45) is 3.27. The van der Waals surface area contributed by atoms with Crippen molar-refractivity contribution in [1.82, 2.24) is 20.1 Å². The van der Waals surface area contributed by atoms with Gasteiger partial charge in [-0.3, -0.25) is 4.21 Å². The van der Waals surface area contributed by atoms with E-state index in [1.807, 2.05) is 18.5 Å². The van der Waals surface area contributed by atoms with Crippen LogP contribution in [-0.4, -0.2) is 37.0 Å². The highest BCUT2D eigenvalue weighted by Crippen LogP contribution is 1.95. The van der Waals surface area contributed by atoms with Crippen molar-refractivity contribution in [3.8, 4) is 0 Å². The van der Waals surface area contributed by atoms with Crippen LogP contribution in [0, 0.1) is 0 Å². The van der Waals surface area contributed by atoms with Gasteiger partial charge in [0.1, 0.15) is 12.2 Å². The minimum atomic E-state index is -0.756. The molecule has 2 atom stereocenters. The fourth-order valence-electron chi connectivity index (χ4n) is 1.37. The predicted molar refractivity (Wildman–Crippen MR) is 60.9 cm³/mol. The first-order chi connectivity index (χ1) is 7.13. The van der Waals surface area contributed by atoms with E-state index in [2.05, 4.69) is 15.4 Å². The lowest BCUT2D eigenvalue weighted by Crippen LogP contribution is -2.31. The molecular formula is C9H18N4OS. The average Bonchev–Trinajstić information content (AvgIpc) is 2.60. The van der Waals surface area contributed by atoms with Gasteiger partial charge in [-0.2, -0.15) is 5.10 Å². The van der Waals surface area contributed by atoms with E-state index in [-0.39, 0.29) is 6.04 Å². The van der Waals surface area contributed by atoms with Crippen LogP contribution in [-0.2, 0) is 23.9 Å². The third-order valence-electron chi connectivity index (χ3n) is 2.09. The van der Waals surface area contributed by atoms with Crippen LogP contribution >= 0.6 is 0 Å². The molecule has 0 fully saturated rings. The zero-order valence-corrected chi connectivity index (χ0v) is 10.3. The van der Waals surface area contributed by atoms with Crippen LogP contribution in [0.3, 0.4) is 0 Å². The fourth-order valence-corrected chi connectivity index (χ4v) is 2.19. The maximum atomic E-state index is 11.0. The minimum absolute atomic E-state index is 0.234. The molecule has 0 bridgehead atoms. The summed E-state index contributed by atoms with van der Waals surface area (Å²) in [5, 5.41) is 7.35. The molecule has 0 aliphatic rings. The molecule has 1 N–H and O–H groups in total. The molecule has 86 valence electrons. The summed E-state index contributed by atoms with van der Waals surface area (Å²) in [4.78, 5) is 4.15. The molecule has 0 radical (unpaired) electrons. The highest BCUT2D eigenvalue weighted by atomic mass is 32.2. The van der Waals surface area contributed by atoms with Crippen LogP contribution in [0.25, 0.3) is 0 Å². The summed E-state index contributed by atoms with van der Waals surface area (Å²) in [5.74, 6) is 1.59. The molecule has 0 saturated carbocycles. The highest BCUT2D eigenvalue weighted by molar-refractivity contribution is 7.84. The van der Waals surface area contributed by atoms with E-state index in [4.69, 9.17) is 0 Å². The first kappa shape index (κ1) is 12.3. The molecule has 1 aromatic rings. The molecule has 0 aromatic carbocycles. The number of hydrogen-bond donors (Lipinski definition) is 1. The molecule has 6 heteroatoms. The van der Waals surface area contributed by atoms with Crippen LogP contribution in [0.5, 0.6) is 0 Å². The Kier molecular flexibility index (Phi) is 4.90. The van der Waals surface area contributed by atoms with E-state index >= 15 is 0 Å². The lowest BCUT2D eigenvalue weighted by atomic mass is 10.4. The Bertz CT molecular complexity index is 326. The molecule has 1 heterocycles. The van der Waals surface area contributed by atoms with Gasteiger partial charge in [0.15, 0.2) is 0 Å². The molecule has 0 saturated heterocycles. The van der Waals surface area contributed by atoms with Crippen LogP contribution in [0.15, 0.2) is 6.33 Å². The number of nitrogens with one attached hydrogen (secondary N) is 1. The van der Waals surface area contributed by atoms with Crippen molar-refractivity contribution in [3.63, 3.8) is 0 Å². The predicted octanol–water partition coefficient (Wildman–Crippen LogP) is 0.155. The maximum Gasteiger partial charge on any atom is 0.140 e. The highest BCUT2D eigenvalue weighted by Gasteiger charge is 2.06. The van der Waals surface area contributed by atoms with E-state index in [9.17, 15) is 4.21 Å². The molecule has 0 aliphatic carbocycles. The standard InChI is InChI=1S/C9H18N4OS/c1-4-13-9(11-7-12-13)5-10-8(2)6-15(3)14/h7-8,10H,4-6H2,1-3H3. The van der Waals surface area contributed by atoms with E-state index < -0.39 is 10.8 Å². The van der Waals surface area contributed by atoms with Crippen LogP contribution in [0.4, 0.5) is 0 Å². The summed E-state index contributed by atoms with van der Waals surface area (Å²) in [7, 11) is -0.756. The van der Waals surface area contributed by atoms with Gasteiger partial charge < -0.3 is 5.32 Å². The van der Waals surface area contributed by atoms with Gasteiger partial charge in [0.2, 0.25) is 0 Å². The third kappa shape index (κ3) is 4.09. The van der Waals surface area contributed by atoms with Crippen molar-refractivity contribution in [2.45, 2.75) is 33.0 Å². The van der Waals surface area contributed by atoms with Gasteiger partial charge >= 0.3 is 0 Å². The maximum absolute atomic E-state index is 11.0. The van der Waals surface area contributed by atoms with E-state index in [0.717, 1.165) is 12.4 Å². The molecule has 5 nitrogen and oxygen atoms in total. The number of aryl methyl sites for hydroxylation is 1.